The van der Waals surface area contributed by atoms with Gasteiger partial charge in [-0.15, -0.1) is 10.5 Å². The predicted molar refractivity (Wildman–Crippen MR) is 29.2 cm³/mol. The molecule has 0 aliphatic heterocycles. The van der Waals surface area contributed by atoms with E-state index in [1.807, 2.05) is 0 Å². The highest BCUT2D eigenvalue weighted by molar-refractivity contribution is 4.88. The van der Waals surface area contributed by atoms with Gasteiger partial charge in [0.25, 0.3) is 0 Å². The van der Waals surface area contributed by atoms with Crippen molar-refractivity contribution in [3.05, 3.63) is 11.9 Å². The van der Waals surface area contributed by atoms with Gasteiger partial charge in [0, 0.05) is 0 Å². The first-order valence-electron chi connectivity index (χ1n) is 2.65. The van der Waals surface area contributed by atoms with Crippen LogP contribution in [0.4, 0.5) is 0 Å². The Morgan fingerprint density at radius 3 is 1.70 bits per heavy atom. The molecule has 0 atom stereocenters. The number of rotatable bonds is 3. The number of nitrogens with zero attached hydrogens (tertiary/aromatic N) is 2. The molecule has 0 saturated carbocycles. The van der Waals surface area contributed by atoms with Gasteiger partial charge in [0.05, 0.1) is 0 Å². The maximum Gasteiger partial charge on any atom is 0.209 e. The van der Waals surface area contributed by atoms with Crippen LogP contribution in [0, 0.1) is 0 Å². The largest absolute Gasteiger partial charge is 0.262 e. The number of hydrogen-bond donors (Lipinski definition) is 4. The molecule has 4 N–H and O–H groups in total. The van der Waals surface area contributed by atoms with Crippen LogP contribution in [0.3, 0.4) is 0 Å². The normalized spacial score (nSPS) is 8.90. The molecule has 0 heterocycles. The van der Waals surface area contributed by atoms with Gasteiger partial charge in [-0.2, -0.15) is 0 Å². The number of hydrogen-bond acceptors (Lipinski definition) is 6. The fourth-order valence-corrected chi connectivity index (χ4v) is 0.426. The summed E-state index contributed by atoms with van der Waals surface area (Å²) in [6.45, 7) is 1.70. The molecular weight excluding hydrogens is 140 g/mol. The molecule has 0 radical (unpaired) electrons. The minimum atomic E-state index is -0.512. The Balaban J connectivity index is 4.12. The first kappa shape index (κ1) is 9.18. The molecule has 6 nitrogen and oxygen atoms in total. The molecular formula is C4H10N2O4. The van der Waals surface area contributed by atoms with E-state index in [1.54, 1.807) is 6.92 Å². The van der Waals surface area contributed by atoms with E-state index in [4.69, 9.17) is 20.8 Å². The molecule has 0 saturated heterocycles. The summed E-state index contributed by atoms with van der Waals surface area (Å²) in [4.78, 5) is 0. The van der Waals surface area contributed by atoms with Crippen LogP contribution in [-0.2, 0) is 0 Å². The van der Waals surface area contributed by atoms with E-state index in [-0.39, 0.29) is 10.5 Å². The molecule has 0 aromatic rings. The standard InChI is InChI=1S/C4H10N2O4/c1-2-3-4(5(7)8)6(9)10/h3,7-10H,2H2,1H3. The lowest BCUT2D eigenvalue weighted by atomic mass is 10.4. The molecule has 0 aromatic carbocycles. The SMILES string of the molecule is CCC=C(N(O)O)N(O)O. The van der Waals surface area contributed by atoms with Crippen molar-refractivity contribution in [3.63, 3.8) is 0 Å². The zero-order valence-corrected chi connectivity index (χ0v) is 5.47. The second-order valence-electron chi connectivity index (χ2n) is 1.55. The molecule has 60 valence electrons. The lowest BCUT2D eigenvalue weighted by Crippen LogP contribution is -2.26. The average molecular weight is 150 g/mol. The minimum Gasteiger partial charge on any atom is -0.262 e. The van der Waals surface area contributed by atoms with E-state index in [9.17, 15) is 0 Å². The molecule has 0 aromatic heterocycles. The molecule has 0 bridgehead atoms. The Hall–Kier alpha value is -0.820. The fraction of sp³-hybridized carbons (Fsp3) is 0.500. The lowest BCUT2D eigenvalue weighted by molar-refractivity contribution is -0.369. The monoisotopic (exact) mass is 150 g/mol. The van der Waals surface area contributed by atoms with E-state index in [0.717, 1.165) is 0 Å². The summed E-state index contributed by atoms with van der Waals surface area (Å²) < 4.78 is 0. The third-order valence-corrected chi connectivity index (χ3v) is 0.797. The third-order valence-electron chi connectivity index (χ3n) is 0.797. The Kier molecular flexibility index (Phi) is 3.74. The van der Waals surface area contributed by atoms with Crippen LogP contribution in [0.2, 0.25) is 0 Å². The lowest BCUT2D eigenvalue weighted by Gasteiger charge is -2.15. The van der Waals surface area contributed by atoms with Crippen molar-refractivity contribution in [2.75, 3.05) is 0 Å². The zero-order chi connectivity index (χ0) is 8.15. The minimum absolute atomic E-state index is 0.385. The van der Waals surface area contributed by atoms with Crippen LogP contribution in [0.1, 0.15) is 13.3 Å². The third kappa shape index (κ3) is 2.65. The Morgan fingerprint density at radius 1 is 1.20 bits per heavy atom. The van der Waals surface area contributed by atoms with Crippen molar-refractivity contribution in [1.29, 1.82) is 0 Å². The highest BCUT2D eigenvalue weighted by Gasteiger charge is 2.07. The maximum atomic E-state index is 8.27. The first-order chi connectivity index (χ1) is 4.59. The van der Waals surface area contributed by atoms with Gasteiger partial charge in [0.1, 0.15) is 0 Å². The van der Waals surface area contributed by atoms with Crippen LogP contribution in [-0.4, -0.2) is 31.3 Å². The first-order valence-corrected chi connectivity index (χ1v) is 2.65. The molecule has 0 aliphatic rings. The van der Waals surface area contributed by atoms with E-state index in [1.165, 1.54) is 6.08 Å². The molecule has 0 unspecified atom stereocenters. The van der Waals surface area contributed by atoms with Crippen LogP contribution in [0.15, 0.2) is 11.9 Å². The topological polar surface area (TPSA) is 87.4 Å². The quantitative estimate of drug-likeness (QED) is 0.435. The fourth-order valence-electron chi connectivity index (χ4n) is 0.426. The number of allylic oxidation sites excluding steroid dienone is 1. The average Bonchev–Trinajstić information content (AvgIpc) is 1.81. The molecule has 6 heteroatoms. The van der Waals surface area contributed by atoms with Gasteiger partial charge in [-0.1, -0.05) is 6.92 Å². The van der Waals surface area contributed by atoms with Crippen LogP contribution in [0.5, 0.6) is 0 Å². The van der Waals surface area contributed by atoms with E-state index < -0.39 is 5.82 Å². The summed E-state index contributed by atoms with van der Waals surface area (Å²) in [5.41, 5.74) is 0. The van der Waals surface area contributed by atoms with Crippen LogP contribution < -0.4 is 0 Å². The molecule has 10 heavy (non-hydrogen) atoms. The van der Waals surface area contributed by atoms with Gasteiger partial charge in [0.2, 0.25) is 5.82 Å². The summed E-state index contributed by atoms with van der Waals surface area (Å²) in [7, 11) is 0. The zero-order valence-electron chi connectivity index (χ0n) is 5.47. The molecule has 0 fully saturated rings. The van der Waals surface area contributed by atoms with Gasteiger partial charge in [-0.3, -0.25) is 20.8 Å². The summed E-state index contributed by atoms with van der Waals surface area (Å²) in [5.74, 6) is -0.512. The summed E-state index contributed by atoms with van der Waals surface area (Å²) in [5, 5.41) is 32.3. The van der Waals surface area contributed by atoms with E-state index in [0.29, 0.717) is 6.42 Å². The number of hydroxylamine groups is 4. The second kappa shape index (κ2) is 4.07. The second-order valence-corrected chi connectivity index (χ2v) is 1.55. The van der Waals surface area contributed by atoms with Crippen molar-refractivity contribution in [1.82, 2.24) is 10.5 Å². The molecule has 0 aliphatic carbocycles. The highest BCUT2D eigenvalue weighted by atomic mass is 16.8. The predicted octanol–water partition coefficient (Wildman–Crippen LogP) is 0.399. The van der Waals surface area contributed by atoms with Gasteiger partial charge >= 0.3 is 0 Å². The van der Waals surface area contributed by atoms with Gasteiger partial charge in [-0.25, -0.2) is 0 Å². The molecule has 0 amide bonds. The van der Waals surface area contributed by atoms with Crippen molar-refractivity contribution in [2.24, 2.45) is 0 Å². The van der Waals surface area contributed by atoms with E-state index >= 15 is 0 Å². The highest BCUT2D eigenvalue weighted by Crippen LogP contribution is 2.00. The van der Waals surface area contributed by atoms with Gasteiger partial charge in [0.15, 0.2) is 0 Å². The van der Waals surface area contributed by atoms with Crippen LogP contribution in [0.25, 0.3) is 0 Å². The summed E-state index contributed by atoms with van der Waals surface area (Å²) in [6.07, 6.45) is 1.66. The smallest absolute Gasteiger partial charge is 0.209 e. The van der Waals surface area contributed by atoms with Gasteiger partial charge in [-0.05, 0) is 12.5 Å². The Labute approximate surface area is 57.7 Å². The Morgan fingerprint density at radius 2 is 1.60 bits per heavy atom. The van der Waals surface area contributed by atoms with Crippen molar-refractivity contribution >= 4 is 0 Å². The van der Waals surface area contributed by atoms with Crippen LogP contribution >= 0.6 is 0 Å². The summed E-state index contributed by atoms with van der Waals surface area (Å²) >= 11 is 0. The molecule has 0 rings (SSSR count). The maximum absolute atomic E-state index is 8.27. The van der Waals surface area contributed by atoms with Crippen molar-refractivity contribution < 1.29 is 20.8 Å². The van der Waals surface area contributed by atoms with E-state index in [2.05, 4.69) is 0 Å². The van der Waals surface area contributed by atoms with Crippen molar-refractivity contribution in [3.8, 4) is 0 Å². The van der Waals surface area contributed by atoms with Crippen molar-refractivity contribution in [2.45, 2.75) is 13.3 Å². The molecule has 0 spiro atoms. The summed E-state index contributed by atoms with van der Waals surface area (Å²) in [6, 6.07) is 0. The Bertz CT molecular complexity index is 112. The van der Waals surface area contributed by atoms with Gasteiger partial charge < -0.3 is 0 Å².